The lowest BCUT2D eigenvalue weighted by atomic mass is 9.94. The van der Waals surface area contributed by atoms with Crippen molar-refractivity contribution in [2.24, 2.45) is 0 Å². The highest BCUT2D eigenvalue weighted by atomic mass is 19.1. The van der Waals surface area contributed by atoms with Gasteiger partial charge in [-0.3, -0.25) is 9.47 Å². The van der Waals surface area contributed by atoms with Crippen molar-refractivity contribution in [1.82, 2.24) is 14.5 Å². The maximum absolute atomic E-state index is 13.8. The normalized spacial score (nSPS) is 14.4. The van der Waals surface area contributed by atoms with E-state index >= 15 is 0 Å². The number of ether oxygens (including phenoxy) is 1. The third kappa shape index (κ3) is 9.14. The number of aryl methyl sites for hydroxylation is 2. The van der Waals surface area contributed by atoms with Crippen LogP contribution in [0.3, 0.4) is 0 Å². The molecule has 0 bridgehead atoms. The van der Waals surface area contributed by atoms with E-state index in [9.17, 15) is 13.6 Å². The number of benzene rings is 2. The number of hydrogen-bond acceptors (Lipinski definition) is 3. The number of allylic oxidation sites excluding steroid dienone is 5. The summed E-state index contributed by atoms with van der Waals surface area (Å²) in [6.07, 6.45) is 10.2. The lowest BCUT2D eigenvalue weighted by molar-refractivity contribution is 0.0369. The Morgan fingerprint density at radius 2 is 1.82 bits per heavy atom. The maximum Gasteiger partial charge on any atom is 0.326 e. The first-order chi connectivity index (χ1) is 19.4. The number of alkyl halides is 1. The number of aromatic amines is 1. The Bertz CT molecular complexity index is 1370. The molecule has 1 saturated heterocycles. The molecular formula is C33H43F2N3O2. The first kappa shape index (κ1) is 31.2. The molecule has 0 spiro atoms. The van der Waals surface area contributed by atoms with Crippen LogP contribution in [-0.4, -0.2) is 54.0 Å². The van der Waals surface area contributed by atoms with E-state index < -0.39 is 0 Å². The number of nitrogens with zero attached hydrogens (tertiary/aromatic N) is 2. The summed E-state index contributed by atoms with van der Waals surface area (Å²) in [5.74, 6) is -0.217. The quantitative estimate of drug-likeness (QED) is 0.165. The van der Waals surface area contributed by atoms with Gasteiger partial charge < -0.3 is 9.72 Å². The van der Waals surface area contributed by atoms with Gasteiger partial charge in [0.1, 0.15) is 12.5 Å². The number of hydrogen-bond donors (Lipinski definition) is 1. The average Bonchev–Trinajstić information content (AvgIpc) is 3.26. The molecule has 0 amide bonds. The minimum absolute atomic E-state index is 0.0746. The molecule has 216 valence electrons. The van der Waals surface area contributed by atoms with Crippen molar-refractivity contribution in [3.8, 4) is 0 Å². The van der Waals surface area contributed by atoms with E-state index in [1.54, 1.807) is 12.1 Å². The summed E-state index contributed by atoms with van der Waals surface area (Å²) in [5, 5.41) is 0. The molecule has 3 aromatic rings. The zero-order valence-corrected chi connectivity index (χ0v) is 24.3. The van der Waals surface area contributed by atoms with E-state index in [1.165, 1.54) is 17.7 Å². The number of imidazole rings is 1. The summed E-state index contributed by atoms with van der Waals surface area (Å²) in [6, 6.07) is 11.0. The average molecular weight is 552 g/mol. The van der Waals surface area contributed by atoms with E-state index in [2.05, 4.69) is 35.9 Å². The van der Waals surface area contributed by atoms with Gasteiger partial charge in [0.25, 0.3) is 0 Å². The Labute approximate surface area is 236 Å². The van der Waals surface area contributed by atoms with Crippen LogP contribution < -0.4 is 5.69 Å². The summed E-state index contributed by atoms with van der Waals surface area (Å²) in [4.78, 5) is 18.1. The van der Waals surface area contributed by atoms with Crippen LogP contribution in [0.4, 0.5) is 8.78 Å². The van der Waals surface area contributed by atoms with Crippen molar-refractivity contribution in [3.05, 3.63) is 93.2 Å². The molecular weight excluding hydrogens is 508 g/mol. The van der Waals surface area contributed by atoms with Crippen LogP contribution >= 0.6 is 0 Å². The van der Waals surface area contributed by atoms with Crippen molar-refractivity contribution in [1.29, 1.82) is 0 Å². The Kier molecular flexibility index (Phi) is 12.6. The molecule has 1 N–H and O–H groups in total. The number of morpholine rings is 1. The molecule has 4 rings (SSSR count). The van der Waals surface area contributed by atoms with Gasteiger partial charge in [-0.2, -0.15) is 0 Å². The number of H-pyrrole nitrogens is 1. The summed E-state index contributed by atoms with van der Waals surface area (Å²) in [5.41, 5.74) is 6.87. The predicted molar refractivity (Wildman–Crippen MR) is 163 cm³/mol. The van der Waals surface area contributed by atoms with Gasteiger partial charge in [-0.05, 0) is 85.7 Å². The number of fused-ring (bicyclic) bond motifs is 1. The highest BCUT2D eigenvalue weighted by Crippen LogP contribution is 2.27. The topological polar surface area (TPSA) is 50.3 Å². The molecule has 7 heteroatoms. The van der Waals surface area contributed by atoms with E-state index in [1.807, 2.05) is 42.7 Å². The molecule has 0 unspecified atom stereocenters. The van der Waals surface area contributed by atoms with Crippen LogP contribution in [-0.2, 0) is 17.7 Å². The Balaban J connectivity index is 0.000000663. The smallest absolute Gasteiger partial charge is 0.326 e. The van der Waals surface area contributed by atoms with Crippen LogP contribution in [0.15, 0.2) is 65.0 Å². The molecule has 1 fully saturated rings. The maximum atomic E-state index is 13.8. The molecule has 0 atom stereocenters. The second kappa shape index (κ2) is 16.1. The van der Waals surface area contributed by atoms with Crippen LogP contribution in [0.25, 0.3) is 22.7 Å². The second-order valence-corrected chi connectivity index (χ2v) is 10.2. The Morgan fingerprint density at radius 1 is 1.05 bits per heavy atom. The van der Waals surface area contributed by atoms with Crippen molar-refractivity contribution in [3.63, 3.8) is 0 Å². The van der Waals surface area contributed by atoms with Gasteiger partial charge in [-0.25, -0.2) is 13.6 Å². The van der Waals surface area contributed by atoms with Crippen molar-refractivity contribution < 1.29 is 13.5 Å². The monoisotopic (exact) mass is 551 g/mol. The van der Waals surface area contributed by atoms with Crippen molar-refractivity contribution >= 4 is 22.7 Å². The first-order valence-electron chi connectivity index (χ1n) is 14.2. The highest BCUT2D eigenvalue weighted by Gasteiger charge is 2.12. The zero-order valence-electron chi connectivity index (χ0n) is 24.3. The third-order valence-corrected chi connectivity index (χ3v) is 6.77. The molecule has 1 aliphatic rings. The van der Waals surface area contributed by atoms with Gasteiger partial charge in [-0.1, -0.05) is 49.8 Å². The van der Waals surface area contributed by atoms with E-state index in [4.69, 9.17) is 4.74 Å². The van der Waals surface area contributed by atoms with Gasteiger partial charge in [0.15, 0.2) is 0 Å². The summed E-state index contributed by atoms with van der Waals surface area (Å²) in [6.45, 7) is 12.9. The minimum atomic E-state index is -0.326. The summed E-state index contributed by atoms with van der Waals surface area (Å²) < 4.78 is 32.1. The molecule has 2 heterocycles. The summed E-state index contributed by atoms with van der Waals surface area (Å²) in [7, 11) is 0. The molecule has 40 heavy (non-hydrogen) atoms. The van der Waals surface area contributed by atoms with Crippen LogP contribution in [0.5, 0.6) is 0 Å². The third-order valence-electron chi connectivity index (χ3n) is 6.77. The molecule has 0 saturated carbocycles. The second-order valence-electron chi connectivity index (χ2n) is 10.2. The minimum Gasteiger partial charge on any atom is -0.379 e. The van der Waals surface area contributed by atoms with Gasteiger partial charge in [0.05, 0.1) is 24.2 Å². The number of nitrogens with one attached hydrogen (secondary N) is 1. The number of aromatic nitrogens is 2. The number of rotatable bonds is 10. The predicted octanol–water partition coefficient (Wildman–Crippen LogP) is 7.18. The van der Waals surface area contributed by atoms with Crippen molar-refractivity contribution in [2.45, 2.75) is 53.5 Å². The lowest BCUT2D eigenvalue weighted by Crippen LogP contribution is -2.37. The Hall–Kier alpha value is -3.29. The van der Waals surface area contributed by atoms with Crippen molar-refractivity contribution in [2.75, 3.05) is 39.5 Å². The summed E-state index contributed by atoms with van der Waals surface area (Å²) >= 11 is 0. The largest absolute Gasteiger partial charge is 0.379 e. The van der Waals surface area contributed by atoms with Gasteiger partial charge in [0.2, 0.25) is 0 Å². The fraction of sp³-hybridized carbons (Fsp3) is 0.424. The molecule has 1 aliphatic heterocycles. The lowest BCUT2D eigenvalue weighted by Gasteiger charge is -2.26. The van der Waals surface area contributed by atoms with Crippen LogP contribution in [0.2, 0.25) is 0 Å². The SMILES string of the molecule is CC/C=C\CF.CCc1cc(F)ccc1/C(C=C(C)C)=C/c1ccc2c(c1)[nH]c(=O)n2CCCN1CCOCC1. The molecule has 1 aromatic heterocycles. The van der Waals surface area contributed by atoms with Gasteiger partial charge in [0, 0.05) is 26.2 Å². The van der Waals surface area contributed by atoms with E-state index in [0.29, 0.717) is 6.54 Å². The molecule has 5 nitrogen and oxygen atoms in total. The highest BCUT2D eigenvalue weighted by molar-refractivity contribution is 5.91. The zero-order chi connectivity index (χ0) is 28.9. The molecule has 0 radical (unpaired) electrons. The van der Waals surface area contributed by atoms with Gasteiger partial charge in [-0.15, -0.1) is 0 Å². The molecule has 2 aromatic carbocycles. The number of halogens is 2. The van der Waals surface area contributed by atoms with Crippen LogP contribution in [0.1, 0.15) is 57.2 Å². The fourth-order valence-corrected chi connectivity index (χ4v) is 4.82. The van der Waals surface area contributed by atoms with Gasteiger partial charge >= 0.3 is 5.69 Å². The van der Waals surface area contributed by atoms with E-state index in [-0.39, 0.29) is 18.2 Å². The molecule has 0 aliphatic carbocycles. The standard InChI is InChI=1S/C28H34FN3O2.C5H9F/c1-4-22-19-24(29)7-8-25(22)23(16-20(2)3)17-21-6-9-27-26(18-21)30-28(33)32(27)11-5-10-31-12-14-34-15-13-31;1-2-3-4-5-6/h6-9,16-19H,4-5,10-15H2,1-3H3,(H,30,33);3-4H,2,5H2,1H3/b23-17+;4-3-. The Morgan fingerprint density at radius 3 is 2.48 bits per heavy atom. The van der Waals surface area contributed by atoms with Crippen LogP contribution in [0, 0.1) is 5.82 Å². The fourth-order valence-electron chi connectivity index (χ4n) is 4.82. The van der Waals surface area contributed by atoms with E-state index in [0.717, 1.165) is 85.4 Å². The first-order valence-corrected chi connectivity index (χ1v) is 14.2.